The summed E-state index contributed by atoms with van der Waals surface area (Å²) in [7, 11) is 0. The SMILES string of the molecule is c1ccc(C2N=C(c3ccc4c(c3)oc3ccccc34)N=C(c3cccc4oc5ccc(-c6ccc7oc8ccccc8c7c6)cc5c34)N2)cc1. The lowest BCUT2D eigenvalue weighted by Crippen LogP contribution is -2.33. The molecule has 1 aliphatic heterocycles. The highest BCUT2D eigenvalue weighted by Crippen LogP contribution is 2.38. The number of nitrogens with zero attached hydrogens (tertiary/aromatic N) is 2. The zero-order valence-corrected chi connectivity index (χ0v) is 27.1. The van der Waals surface area contributed by atoms with Crippen molar-refractivity contribution in [2.24, 2.45) is 9.98 Å². The van der Waals surface area contributed by atoms with E-state index in [1.54, 1.807) is 0 Å². The molecule has 3 aromatic heterocycles. The van der Waals surface area contributed by atoms with Crippen LogP contribution in [0.1, 0.15) is 22.9 Å². The van der Waals surface area contributed by atoms with Crippen molar-refractivity contribution in [3.63, 3.8) is 0 Å². The van der Waals surface area contributed by atoms with Gasteiger partial charge in [0.2, 0.25) is 0 Å². The van der Waals surface area contributed by atoms with E-state index in [4.69, 9.17) is 23.2 Å². The average Bonchev–Trinajstić information content (AvgIpc) is 3.88. The minimum atomic E-state index is -0.347. The van der Waals surface area contributed by atoms with Crippen molar-refractivity contribution < 1.29 is 13.3 Å². The molecule has 240 valence electrons. The molecular formula is C45H27N3O3. The summed E-state index contributed by atoms with van der Waals surface area (Å²) in [5.41, 5.74) is 10.1. The summed E-state index contributed by atoms with van der Waals surface area (Å²) in [6, 6.07) is 51.7. The number of hydrogen-bond acceptors (Lipinski definition) is 6. The van der Waals surface area contributed by atoms with Crippen molar-refractivity contribution >= 4 is 77.5 Å². The Labute approximate surface area is 291 Å². The van der Waals surface area contributed by atoms with Crippen molar-refractivity contribution in [3.8, 4) is 11.1 Å². The van der Waals surface area contributed by atoms with Crippen LogP contribution < -0.4 is 5.32 Å². The van der Waals surface area contributed by atoms with Gasteiger partial charge in [-0.25, -0.2) is 9.98 Å². The standard InChI is InChI=1S/C45H27N3O3/c1-2-9-26(10-3-1)43-46-44(29-17-20-32-30-11-4-6-14-36(30)51-41(32)25-29)48-45(47-43)33-13-8-16-40-42(33)35-24-28(19-22-39(35)50-40)27-18-21-38-34(23-27)31-12-5-7-15-37(31)49-38/h1-25,43H,(H,46,47,48). The van der Waals surface area contributed by atoms with Crippen LogP contribution in [-0.4, -0.2) is 11.7 Å². The molecule has 0 radical (unpaired) electrons. The number of nitrogens with one attached hydrogen (secondary N) is 1. The lowest BCUT2D eigenvalue weighted by Gasteiger charge is -2.24. The summed E-state index contributed by atoms with van der Waals surface area (Å²) >= 11 is 0. The van der Waals surface area contributed by atoms with Crippen LogP contribution in [0.4, 0.5) is 0 Å². The fourth-order valence-corrected chi connectivity index (χ4v) is 7.50. The van der Waals surface area contributed by atoms with Gasteiger partial charge in [-0.3, -0.25) is 0 Å². The average molecular weight is 658 g/mol. The zero-order valence-electron chi connectivity index (χ0n) is 27.1. The lowest BCUT2D eigenvalue weighted by molar-refractivity contribution is 0.667. The quantitative estimate of drug-likeness (QED) is 0.204. The normalized spacial score (nSPS) is 14.9. The van der Waals surface area contributed by atoms with E-state index in [2.05, 4.69) is 84.2 Å². The largest absolute Gasteiger partial charge is 0.456 e. The molecule has 1 N–H and O–H groups in total. The smallest absolute Gasteiger partial charge is 0.159 e. The van der Waals surface area contributed by atoms with Gasteiger partial charge in [-0.1, -0.05) is 97.1 Å². The van der Waals surface area contributed by atoms with Crippen LogP contribution in [-0.2, 0) is 0 Å². The van der Waals surface area contributed by atoms with Gasteiger partial charge < -0.3 is 18.6 Å². The monoisotopic (exact) mass is 657 g/mol. The number of furan rings is 3. The molecule has 0 saturated heterocycles. The van der Waals surface area contributed by atoms with Gasteiger partial charge in [-0.2, -0.15) is 0 Å². The molecule has 1 aliphatic rings. The Bertz CT molecular complexity index is 3070. The van der Waals surface area contributed by atoms with Crippen molar-refractivity contribution in [3.05, 3.63) is 168 Å². The fraction of sp³-hybridized carbons (Fsp3) is 0.0222. The first-order valence-electron chi connectivity index (χ1n) is 17.0. The molecule has 0 aliphatic carbocycles. The van der Waals surface area contributed by atoms with E-state index in [1.807, 2.05) is 72.8 Å². The molecule has 4 heterocycles. The van der Waals surface area contributed by atoms with Gasteiger partial charge in [0.1, 0.15) is 45.5 Å². The number of amidine groups is 2. The highest BCUT2D eigenvalue weighted by molar-refractivity contribution is 6.22. The van der Waals surface area contributed by atoms with E-state index in [-0.39, 0.29) is 6.17 Å². The molecule has 0 bridgehead atoms. The number of rotatable bonds is 4. The number of hydrogen-bond donors (Lipinski definition) is 1. The molecule has 0 amide bonds. The molecule has 51 heavy (non-hydrogen) atoms. The maximum Gasteiger partial charge on any atom is 0.159 e. The van der Waals surface area contributed by atoms with E-state index >= 15 is 0 Å². The highest BCUT2D eigenvalue weighted by atomic mass is 16.3. The molecule has 11 rings (SSSR count). The van der Waals surface area contributed by atoms with Gasteiger partial charge in [-0.05, 0) is 71.3 Å². The minimum absolute atomic E-state index is 0.347. The van der Waals surface area contributed by atoms with Crippen molar-refractivity contribution in [1.29, 1.82) is 0 Å². The predicted octanol–water partition coefficient (Wildman–Crippen LogP) is 11.5. The molecule has 1 atom stereocenters. The van der Waals surface area contributed by atoms with Crippen LogP contribution in [0.2, 0.25) is 0 Å². The fourth-order valence-electron chi connectivity index (χ4n) is 7.50. The topological polar surface area (TPSA) is 76.2 Å². The third-order valence-electron chi connectivity index (χ3n) is 9.96. The number of benzene rings is 7. The number of aliphatic imine (C=N–C) groups is 2. The molecule has 0 spiro atoms. The molecule has 10 aromatic rings. The summed E-state index contributed by atoms with van der Waals surface area (Å²) in [6.45, 7) is 0. The highest BCUT2D eigenvalue weighted by Gasteiger charge is 2.24. The zero-order chi connectivity index (χ0) is 33.5. The number of fused-ring (bicyclic) bond motifs is 9. The minimum Gasteiger partial charge on any atom is -0.456 e. The Kier molecular flexibility index (Phi) is 5.92. The molecule has 1 unspecified atom stereocenters. The van der Waals surface area contributed by atoms with Crippen LogP contribution in [0.25, 0.3) is 76.9 Å². The Balaban J connectivity index is 1.07. The third-order valence-corrected chi connectivity index (χ3v) is 9.96. The van der Waals surface area contributed by atoms with Crippen LogP contribution in [0.5, 0.6) is 0 Å². The molecular weight excluding hydrogens is 631 g/mol. The summed E-state index contributed by atoms with van der Waals surface area (Å²) < 4.78 is 18.8. The summed E-state index contributed by atoms with van der Waals surface area (Å²) in [5.74, 6) is 1.36. The van der Waals surface area contributed by atoms with Crippen molar-refractivity contribution in [2.75, 3.05) is 0 Å². The molecule has 7 aromatic carbocycles. The second-order valence-corrected chi connectivity index (χ2v) is 13.0. The van der Waals surface area contributed by atoms with Crippen molar-refractivity contribution in [2.45, 2.75) is 6.17 Å². The van der Waals surface area contributed by atoms with Crippen LogP contribution >= 0.6 is 0 Å². The van der Waals surface area contributed by atoms with Crippen LogP contribution in [0, 0.1) is 0 Å². The van der Waals surface area contributed by atoms with Gasteiger partial charge in [-0.15, -0.1) is 0 Å². The Morgan fingerprint density at radius 2 is 1.02 bits per heavy atom. The maximum atomic E-state index is 6.45. The Morgan fingerprint density at radius 3 is 1.82 bits per heavy atom. The van der Waals surface area contributed by atoms with E-state index in [9.17, 15) is 0 Å². The van der Waals surface area contributed by atoms with Gasteiger partial charge in [0.15, 0.2) is 5.84 Å². The summed E-state index contributed by atoms with van der Waals surface area (Å²) in [4.78, 5) is 10.3. The van der Waals surface area contributed by atoms with E-state index < -0.39 is 0 Å². The molecule has 6 heteroatoms. The molecule has 0 fully saturated rings. The Morgan fingerprint density at radius 1 is 0.431 bits per heavy atom. The van der Waals surface area contributed by atoms with E-state index in [0.29, 0.717) is 5.84 Å². The summed E-state index contributed by atoms with van der Waals surface area (Å²) in [5, 5.41) is 10.0. The van der Waals surface area contributed by atoms with Gasteiger partial charge >= 0.3 is 0 Å². The Hall–Kier alpha value is -6.92. The first kappa shape index (κ1) is 28.0. The van der Waals surface area contributed by atoms with E-state index in [1.165, 1.54) is 0 Å². The first-order valence-corrected chi connectivity index (χ1v) is 17.0. The van der Waals surface area contributed by atoms with Gasteiger partial charge in [0, 0.05) is 43.4 Å². The van der Waals surface area contributed by atoms with Crippen LogP contribution in [0.3, 0.4) is 0 Å². The van der Waals surface area contributed by atoms with Crippen molar-refractivity contribution in [1.82, 2.24) is 5.32 Å². The predicted molar refractivity (Wildman–Crippen MR) is 206 cm³/mol. The molecule has 6 nitrogen and oxygen atoms in total. The molecule has 0 saturated carbocycles. The third kappa shape index (κ3) is 4.43. The van der Waals surface area contributed by atoms with E-state index in [0.717, 1.165) is 99.5 Å². The number of para-hydroxylation sites is 2. The maximum absolute atomic E-state index is 6.45. The lowest BCUT2D eigenvalue weighted by atomic mass is 9.99. The van der Waals surface area contributed by atoms with Crippen LogP contribution in [0.15, 0.2) is 175 Å². The van der Waals surface area contributed by atoms with Gasteiger partial charge in [0.25, 0.3) is 0 Å². The summed E-state index contributed by atoms with van der Waals surface area (Å²) in [6.07, 6.45) is -0.347. The van der Waals surface area contributed by atoms with Gasteiger partial charge in [0.05, 0.1) is 0 Å². The second kappa shape index (κ2) is 10.8. The second-order valence-electron chi connectivity index (χ2n) is 13.0. The first-order chi connectivity index (χ1) is 25.2.